The summed E-state index contributed by atoms with van der Waals surface area (Å²) >= 11 is 0. The second-order valence-corrected chi connectivity index (χ2v) is 5.85. The molecule has 3 rings (SSSR count). The predicted molar refractivity (Wildman–Crippen MR) is 97.1 cm³/mol. The van der Waals surface area contributed by atoms with Crippen molar-refractivity contribution >= 4 is 17.6 Å². The van der Waals surface area contributed by atoms with Gasteiger partial charge < -0.3 is 21.9 Å². The van der Waals surface area contributed by atoms with Crippen LogP contribution in [-0.4, -0.2) is 26.8 Å². The van der Waals surface area contributed by atoms with Gasteiger partial charge in [-0.3, -0.25) is 4.79 Å². The number of primary amides is 2. The molecular weight excluding hydrogens is 353 g/mol. The molecule has 27 heavy (non-hydrogen) atoms. The molecule has 0 saturated carbocycles. The number of amides is 3. The molecule has 0 atom stereocenters. The minimum absolute atomic E-state index is 0.0948. The summed E-state index contributed by atoms with van der Waals surface area (Å²) in [5.74, 6) is -1.94. The Kier molecular flexibility index (Phi) is 4.51. The van der Waals surface area contributed by atoms with Crippen molar-refractivity contribution in [2.75, 3.05) is 5.32 Å². The first-order chi connectivity index (χ1) is 12.8. The molecule has 8 nitrogen and oxygen atoms in total. The second-order valence-electron chi connectivity index (χ2n) is 5.85. The molecule has 138 valence electrons. The highest BCUT2D eigenvalue weighted by Crippen LogP contribution is 2.29. The van der Waals surface area contributed by atoms with Gasteiger partial charge in [-0.2, -0.15) is 5.10 Å². The lowest BCUT2D eigenvalue weighted by molar-refractivity contribution is 0.0996. The number of rotatable bonds is 4. The fraction of sp³-hybridized carbons (Fsp3) is 0.0556. The van der Waals surface area contributed by atoms with E-state index in [-0.39, 0.29) is 11.4 Å². The number of nitrogens with zero attached hydrogens (tertiary/aromatic N) is 2. The largest absolute Gasteiger partial charge is 0.505 e. The molecule has 0 aliphatic heterocycles. The van der Waals surface area contributed by atoms with E-state index in [2.05, 4.69) is 10.4 Å². The van der Waals surface area contributed by atoms with Gasteiger partial charge in [0.15, 0.2) is 17.3 Å². The van der Waals surface area contributed by atoms with Crippen molar-refractivity contribution in [2.45, 2.75) is 6.92 Å². The van der Waals surface area contributed by atoms with Crippen molar-refractivity contribution in [3.05, 3.63) is 59.7 Å². The van der Waals surface area contributed by atoms with Crippen LogP contribution >= 0.6 is 0 Å². The average molecular weight is 369 g/mol. The highest BCUT2D eigenvalue weighted by molar-refractivity contribution is 6.00. The summed E-state index contributed by atoms with van der Waals surface area (Å²) in [4.78, 5) is 22.6. The Labute approximate surface area is 153 Å². The lowest BCUT2D eigenvalue weighted by atomic mass is 10.00. The zero-order valence-electron chi connectivity index (χ0n) is 14.2. The average Bonchev–Trinajstić information content (AvgIpc) is 3.01. The summed E-state index contributed by atoms with van der Waals surface area (Å²) < 4.78 is 15.0. The number of halogens is 1. The molecule has 0 bridgehead atoms. The molecule has 3 aromatic rings. The van der Waals surface area contributed by atoms with Crippen molar-refractivity contribution in [1.29, 1.82) is 0 Å². The molecule has 3 amide bonds. The molecule has 0 unspecified atom stereocenters. The van der Waals surface area contributed by atoms with Crippen LogP contribution in [-0.2, 0) is 0 Å². The number of aromatic hydroxyl groups is 1. The minimum atomic E-state index is -0.849. The first kappa shape index (κ1) is 17.9. The van der Waals surface area contributed by atoms with Crippen molar-refractivity contribution in [3.8, 4) is 22.6 Å². The normalized spacial score (nSPS) is 10.6. The highest BCUT2D eigenvalue weighted by atomic mass is 19.1. The minimum Gasteiger partial charge on any atom is -0.505 e. The number of benzene rings is 2. The van der Waals surface area contributed by atoms with Crippen LogP contribution in [0.2, 0.25) is 0 Å². The first-order valence-corrected chi connectivity index (χ1v) is 7.82. The van der Waals surface area contributed by atoms with Gasteiger partial charge in [-0.1, -0.05) is 12.1 Å². The number of anilines is 1. The van der Waals surface area contributed by atoms with Crippen molar-refractivity contribution in [1.82, 2.24) is 9.78 Å². The van der Waals surface area contributed by atoms with Crippen LogP contribution in [0.15, 0.2) is 42.6 Å². The van der Waals surface area contributed by atoms with Crippen molar-refractivity contribution < 1.29 is 19.1 Å². The quantitative estimate of drug-likeness (QED) is 0.561. The van der Waals surface area contributed by atoms with Crippen LogP contribution < -0.4 is 16.8 Å². The zero-order chi connectivity index (χ0) is 19.7. The maximum absolute atomic E-state index is 13.6. The van der Waals surface area contributed by atoms with Crippen LogP contribution in [0.4, 0.5) is 14.9 Å². The lowest BCUT2D eigenvalue weighted by Crippen LogP contribution is -2.22. The van der Waals surface area contributed by atoms with Gasteiger partial charge in [0.1, 0.15) is 0 Å². The van der Waals surface area contributed by atoms with E-state index in [1.165, 1.54) is 23.0 Å². The fourth-order valence-electron chi connectivity index (χ4n) is 2.70. The van der Waals surface area contributed by atoms with Gasteiger partial charge in [-0.15, -0.1) is 0 Å². The van der Waals surface area contributed by atoms with E-state index < -0.39 is 23.5 Å². The number of aryl methyl sites for hydroxylation is 1. The molecule has 0 aliphatic rings. The van der Waals surface area contributed by atoms with Gasteiger partial charge >= 0.3 is 6.03 Å². The number of carbonyl (C=O) groups is 2. The van der Waals surface area contributed by atoms with Crippen LogP contribution in [0.1, 0.15) is 16.1 Å². The number of phenols is 1. The molecule has 0 fully saturated rings. The van der Waals surface area contributed by atoms with E-state index in [1.807, 2.05) is 6.92 Å². The summed E-state index contributed by atoms with van der Waals surface area (Å²) in [5, 5.41) is 15.7. The van der Waals surface area contributed by atoms with Gasteiger partial charge in [-0.05, 0) is 47.9 Å². The summed E-state index contributed by atoms with van der Waals surface area (Å²) in [7, 11) is 0. The number of aromatic nitrogens is 2. The third kappa shape index (κ3) is 3.56. The molecule has 0 radical (unpaired) electrons. The first-order valence-electron chi connectivity index (χ1n) is 7.82. The topological polar surface area (TPSA) is 136 Å². The van der Waals surface area contributed by atoms with Gasteiger partial charge in [0.05, 0.1) is 17.6 Å². The number of hydrogen-bond donors (Lipinski definition) is 4. The maximum atomic E-state index is 13.6. The third-order valence-electron chi connectivity index (χ3n) is 3.94. The molecule has 0 saturated heterocycles. The Balaban J connectivity index is 2.01. The van der Waals surface area contributed by atoms with Crippen LogP contribution in [0, 0.1) is 12.7 Å². The predicted octanol–water partition coefficient (Wildman–Crippen LogP) is 2.28. The van der Waals surface area contributed by atoms with E-state index in [4.69, 9.17) is 11.5 Å². The number of nitrogens with one attached hydrogen (secondary N) is 1. The SMILES string of the molecule is Cc1cc(-n2cc(NC(N)=O)c(C(N)=O)n2)ccc1-c1ccc(O)c(F)c1. The summed E-state index contributed by atoms with van der Waals surface area (Å²) in [6, 6.07) is 8.51. The molecular formula is C18H16FN5O3. The summed E-state index contributed by atoms with van der Waals surface area (Å²) in [6.07, 6.45) is 1.42. The Morgan fingerprint density at radius 2 is 1.93 bits per heavy atom. The number of carbonyl (C=O) groups excluding carboxylic acids is 2. The smallest absolute Gasteiger partial charge is 0.316 e. The molecule has 1 heterocycles. The number of phenolic OH excluding ortho intramolecular Hbond substituents is 1. The van der Waals surface area contributed by atoms with Crippen LogP contribution in [0.3, 0.4) is 0 Å². The Hall–Kier alpha value is -3.88. The third-order valence-corrected chi connectivity index (χ3v) is 3.94. The molecule has 9 heteroatoms. The fourth-order valence-corrected chi connectivity index (χ4v) is 2.70. The monoisotopic (exact) mass is 369 g/mol. The van der Waals surface area contributed by atoms with Gasteiger partial charge in [0, 0.05) is 0 Å². The Morgan fingerprint density at radius 1 is 1.19 bits per heavy atom. The van der Waals surface area contributed by atoms with E-state index in [0.717, 1.165) is 11.1 Å². The van der Waals surface area contributed by atoms with Gasteiger partial charge in [0.25, 0.3) is 5.91 Å². The van der Waals surface area contributed by atoms with Crippen molar-refractivity contribution in [2.24, 2.45) is 11.5 Å². The molecule has 6 N–H and O–H groups in total. The number of urea groups is 1. The molecule has 0 aliphatic carbocycles. The number of nitrogens with two attached hydrogens (primary N) is 2. The standard InChI is InChI=1S/C18H16FN5O3/c1-9-6-11(3-4-12(9)10-2-5-15(25)13(19)7-10)24-8-14(22-18(21)27)16(23-24)17(20)26/h2-8,25H,1H3,(H2,20,26)(H3,21,22,27). The maximum Gasteiger partial charge on any atom is 0.316 e. The second kappa shape index (κ2) is 6.79. The highest BCUT2D eigenvalue weighted by Gasteiger charge is 2.16. The van der Waals surface area contributed by atoms with Crippen LogP contribution in [0.25, 0.3) is 16.8 Å². The zero-order valence-corrected chi connectivity index (χ0v) is 14.2. The number of hydrogen-bond acceptors (Lipinski definition) is 4. The van der Waals surface area contributed by atoms with Gasteiger partial charge in [0.2, 0.25) is 0 Å². The van der Waals surface area contributed by atoms with E-state index in [1.54, 1.807) is 24.3 Å². The molecule has 0 spiro atoms. The lowest BCUT2D eigenvalue weighted by Gasteiger charge is -2.09. The van der Waals surface area contributed by atoms with Crippen molar-refractivity contribution in [3.63, 3.8) is 0 Å². The molecule has 2 aromatic carbocycles. The van der Waals surface area contributed by atoms with Crippen LogP contribution in [0.5, 0.6) is 5.75 Å². The summed E-state index contributed by atoms with van der Waals surface area (Å²) in [5.41, 5.74) is 13.1. The summed E-state index contributed by atoms with van der Waals surface area (Å²) in [6.45, 7) is 1.82. The molecule has 1 aromatic heterocycles. The van der Waals surface area contributed by atoms with Gasteiger partial charge in [-0.25, -0.2) is 13.9 Å². The Morgan fingerprint density at radius 3 is 2.52 bits per heavy atom. The van der Waals surface area contributed by atoms with E-state index in [0.29, 0.717) is 11.3 Å². The Bertz CT molecular complexity index is 1060. The van der Waals surface area contributed by atoms with E-state index >= 15 is 0 Å². The van der Waals surface area contributed by atoms with E-state index in [9.17, 15) is 19.1 Å².